The molecule has 3 rings (SSSR count). The van der Waals surface area contributed by atoms with Gasteiger partial charge in [0.2, 0.25) is 0 Å². The number of aliphatic hydroxyl groups is 1. The summed E-state index contributed by atoms with van der Waals surface area (Å²) < 4.78 is 40.6. The van der Waals surface area contributed by atoms with Crippen molar-refractivity contribution in [3.05, 3.63) is 81.5 Å². The van der Waals surface area contributed by atoms with E-state index in [9.17, 15) is 23.1 Å². The van der Waals surface area contributed by atoms with E-state index in [-0.39, 0.29) is 22.5 Å². The lowest BCUT2D eigenvalue weighted by atomic mass is 9.91. The van der Waals surface area contributed by atoms with Gasteiger partial charge in [-0.25, -0.2) is 13.2 Å². The van der Waals surface area contributed by atoms with Gasteiger partial charge >= 0.3 is 0 Å². The Morgan fingerprint density at radius 1 is 1.04 bits per heavy atom. The van der Waals surface area contributed by atoms with E-state index in [1.165, 1.54) is 30.5 Å². The highest BCUT2D eigenvalue weighted by Crippen LogP contribution is 2.30. The monoisotopic (exact) mass is 361 g/mol. The Hall–Kier alpha value is -2.60. The first-order chi connectivity index (χ1) is 12.4. The molecule has 3 aromatic rings. The number of aromatic amines is 1. The third kappa shape index (κ3) is 3.65. The molecule has 2 atom stereocenters. The van der Waals surface area contributed by atoms with E-state index in [1.54, 1.807) is 0 Å². The van der Waals surface area contributed by atoms with Crippen LogP contribution in [-0.2, 0) is 0 Å². The van der Waals surface area contributed by atoms with Crippen LogP contribution in [0.15, 0.2) is 47.4 Å². The fourth-order valence-corrected chi connectivity index (χ4v) is 3.15. The standard InChI is InChI=1S/C20H18F3NO2/c1-11(2-7-18(25)12-3-5-13(21)6-4-12)16-10-24-20(26)19-15(16)8-14(22)9-17(19)23/h3-6,8-11,18,25H,2,7H2,1H3,(H,24,26). The van der Waals surface area contributed by atoms with Crippen LogP contribution < -0.4 is 5.56 Å². The molecule has 2 unspecified atom stereocenters. The van der Waals surface area contributed by atoms with Crippen LogP contribution in [0.1, 0.15) is 42.9 Å². The molecule has 0 saturated carbocycles. The summed E-state index contributed by atoms with van der Waals surface area (Å²) in [5.74, 6) is -2.19. The summed E-state index contributed by atoms with van der Waals surface area (Å²) in [6, 6.07) is 7.43. The minimum atomic E-state index is -0.901. The predicted octanol–water partition coefficient (Wildman–Crippen LogP) is 4.56. The number of aliphatic hydroxyl groups excluding tert-OH is 1. The average Bonchev–Trinajstić information content (AvgIpc) is 2.59. The second kappa shape index (κ2) is 7.33. The summed E-state index contributed by atoms with van der Waals surface area (Å²) in [4.78, 5) is 14.4. The quantitative estimate of drug-likeness (QED) is 0.700. The smallest absolute Gasteiger partial charge is 0.258 e. The summed E-state index contributed by atoms with van der Waals surface area (Å²) in [7, 11) is 0. The molecular formula is C20H18F3NO2. The maximum absolute atomic E-state index is 14.0. The Balaban J connectivity index is 1.84. The molecule has 0 bridgehead atoms. The Morgan fingerprint density at radius 3 is 2.42 bits per heavy atom. The maximum Gasteiger partial charge on any atom is 0.258 e. The fraction of sp³-hybridized carbons (Fsp3) is 0.250. The number of pyridine rings is 1. The van der Waals surface area contributed by atoms with Gasteiger partial charge < -0.3 is 10.1 Å². The molecular weight excluding hydrogens is 343 g/mol. The third-order valence-corrected chi connectivity index (χ3v) is 4.61. The van der Waals surface area contributed by atoms with Gasteiger partial charge in [-0.3, -0.25) is 4.79 Å². The van der Waals surface area contributed by atoms with E-state index < -0.39 is 23.3 Å². The van der Waals surface area contributed by atoms with Crippen molar-refractivity contribution in [3.8, 4) is 0 Å². The lowest BCUT2D eigenvalue weighted by molar-refractivity contribution is 0.162. The molecule has 6 heteroatoms. The Morgan fingerprint density at radius 2 is 1.73 bits per heavy atom. The zero-order valence-corrected chi connectivity index (χ0v) is 14.1. The molecule has 0 aliphatic heterocycles. The molecule has 0 saturated heterocycles. The zero-order valence-electron chi connectivity index (χ0n) is 14.1. The minimum absolute atomic E-state index is 0.161. The summed E-state index contributed by atoms with van der Waals surface area (Å²) >= 11 is 0. The Kier molecular flexibility index (Phi) is 5.13. The van der Waals surface area contributed by atoms with Crippen molar-refractivity contribution >= 4 is 10.8 Å². The summed E-state index contributed by atoms with van der Waals surface area (Å²) in [5.41, 5.74) is 0.589. The van der Waals surface area contributed by atoms with E-state index in [2.05, 4.69) is 4.98 Å². The normalized spacial score (nSPS) is 13.7. The van der Waals surface area contributed by atoms with Crippen molar-refractivity contribution < 1.29 is 18.3 Å². The number of hydrogen-bond donors (Lipinski definition) is 2. The fourth-order valence-electron chi connectivity index (χ4n) is 3.15. The highest BCUT2D eigenvalue weighted by atomic mass is 19.1. The maximum atomic E-state index is 14.0. The number of H-pyrrole nitrogens is 1. The number of rotatable bonds is 5. The van der Waals surface area contributed by atoms with Crippen molar-refractivity contribution in [3.63, 3.8) is 0 Å². The molecule has 1 heterocycles. The number of halogens is 3. The second-order valence-electron chi connectivity index (χ2n) is 6.43. The van der Waals surface area contributed by atoms with Crippen LogP contribution in [0.4, 0.5) is 13.2 Å². The summed E-state index contributed by atoms with van der Waals surface area (Å²) in [6.45, 7) is 1.85. The molecule has 1 aromatic heterocycles. The predicted molar refractivity (Wildman–Crippen MR) is 93.5 cm³/mol. The van der Waals surface area contributed by atoms with Crippen LogP contribution >= 0.6 is 0 Å². The molecule has 0 amide bonds. The lowest BCUT2D eigenvalue weighted by Gasteiger charge is -2.17. The molecule has 136 valence electrons. The Labute approximate surface area is 148 Å². The van der Waals surface area contributed by atoms with E-state index in [4.69, 9.17) is 0 Å². The van der Waals surface area contributed by atoms with Gasteiger partial charge in [0.05, 0.1) is 11.5 Å². The number of hydrogen-bond acceptors (Lipinski definition) is 2. The number of benzene rings is 2. The van der Waals surface area contributed by atoms with Gasteiger partial charge in [0.25, 0.3) is 5.56 Å². The van der Waals surface area contributed by atoms with Crippen molar-refractivity contribution in [1.29, 1.82) is 0 Å². The van der Waals surface area contributed by atoms with Gasteiger partial charge in [0.1, 0.15) is 17.5 Å². The first-order valence-electron chi connectivity index (χ1n) is 8.30. The van der Waals surface area contributed by atoms with Gasteiger partial charge in [0.15, 0.2) is 0 Å². The number of aromatic nitrogens is 1. The topological polar surface area (TPSA) is 53.1 Å². The highest BCUT2D eigenvalue weighted by molar-refractivity contribution is 5.85. The van der Waals surface area contributed by atoms with Crippen molar-refractivity contribution in [2.24, 2.45) is 0 Å². The van der Waals surface area contributed by atoms with Gasteiger partial charge in [-0.2, -0.15) is 0 Å². The first kappa shape index (κ1) is 18.2. The van der Waals surface area contributed by atoms with Gasteiger partial charge in [-0.15, -0.1) is 0 Å². The SMILES string of the molecule is CC(CCC(O)c1ccc(F)cc1)c1c[nH]c(=O)c2c(F)cc(F)cc12. The second-order valence-corrected chi connectivity index (χ2v) is 6.43. The van der Waals surface area contributed by atoms with Crippen LogP contribution in [-0.4, -0.2) is 10.1 Å². The first-order valence-corrected chi connectivity index (χ1v) is 8.30. The van der Waals surface area contributed by atoms with Gasteiger partial charge in [-0.1, -0.05) is 19.1 Å². The van der Waals surface area contributed by atoms with Crippen LogP contribution in [0.25, 0.3) is 10.8 Å². The summed E-state index contributed by atoms with van der Waals surface area (Å²) in [5, 5.41) is 10.3. The molecule has 0 radical (unpaired) electrons. The van der Waals surface area contributed by atoms with Crippen molar-refractivity contribution in [2.75, 3.05) is 0 Å². The van der Waals surface area contributed by atoms with Gasteiger partial charge in [-0.05, 0) is 53.5 Å². The van der Waals surface area contributed by atoms with Crippen LogP contribution in [0, 0.1) is 17.5 Å². The van der Waals surface area contributed by atoms with Crippen LogP contribution in [0.5, 0.6) is 0 Å². The molecule has 0 aliphatic rings. The summed E-state index contributed by atoms with van der Waals surface area (Å²) in [6.07, 6.45) is 1.57. The highest BCUT2D eigenvalue weighted by Gasteiger charge is 2.17. The molecule has 3 nitrogen and oxygen atoms in total. The van der Waals surface area contributed by atoms with Crippen LogP contribution in [0.3, 0.4) is 0 Å². The van der Waals surface area contributed by atoms with E-state index in [0.717, 1.165) is 6.07 Å². The molecule has 0 aliphatic carbocycles. The largest absolute Gasteiger partial charge is 0.388 e. The Bertz CT molecular complexity index is 983. The average molecular weight is 361 g/mol. The van der Waals surface area contributed by atoms with Crippen molar-refractivity contribution in [2.45, 2.75) is 31.8 Å². The molecule has 0 fully saturated rings. The number of fused-ring (bicyclic) bond motifs is 1. The van der Waals surface area contributed by atoms with Crippen molar-refractivity contribution in [1.82, 2.24) is 4.98 Å². The molecule has 26 heavy (non-hydrogen) atoms. The zero-order chi connectivity index (χ0) is 18.8. The molecule has 2 N–H and O–H groups in total. The minimum Gasteiger partial charge on any atom is -0.388 e. The lowest BCUT2D eigenvalue weighted by Crippen LogP contribution is -2.11. The number of nitrogens with one attached hydrogen (secondary N) is 1. The van der Waals surface area contributed by atoms with E-state index >= 15 is 0 Å². The molecule has 2 aromatic carbocycles. The van der Waals surface area contributed by atoms with E-state index in [1.807, 2.05) is 6.92 Å². The van der Waals surface area contributed by atoms with Gasteiger partial charge in [0, 0.05) is 12.3 Å². The molecule has 0 spiro atoms. The van der Waals surface area contributed by atoms with Crippen LogP contribution in [0.2, 0.25) is 0 Å². The van der Waals surface area contributed by atoms with E-state index in [0.29, 0.717) is 30.0 Å². The third-order valence-electron chi connectivity index (χ3n) is 4.61.